The van der Waals surface area contributed by atoms with E-state index < -0.39 is 32.2 Å². The number of nitrogens with two attached hydrogens (primary N) is 2. The van der Waals surface area contributed by atoms with E-state index in [0.717, 1.165) is 5.56 Å². The van der Waals surface area contributed by atoms with Crippen molar-refractivity contribution >= 4 is 47.2 Å². The Morgan fingerprint density at radius 1 is 1.28 bits per heavy atom. The van der Waals surface area contributed by atoms with Crippen molar-refractivity contribution in [3.8, 4) is 0 Å². The summed E-state index contributed by atoms with van der Waals surface area (Å²) in [5.41, 5.74) is 12.2. The van der Waals surface area contributed by atoms with E-state index in [2.05, 4.69) is 15.4 Å². The van der Waals surface area contributed by atoms with E-state index in [9.17, 15) is 13.8 Å². The van der Waals surface area contributed by atoms with E-state index in [1.807, 2.05) is 44.2 Å². The highest BCUT2D eigenvalue weighted by Gasteiger charge is 2.25. The summed E-state index contributed by atoms with van der Waals surface area (Å²) >= 11 is 0. The lowest BCUT2D eigenvalue weighted by Crippen LogP contribution is -2.49. The molecule has 1 aromatic rings. The zero-order valence-electron chi connectivity index (χ0n) is 17.9. The topological polar surface area (TPSA) is 132 Å². The number of aliphatic imine (C=N–C) groups is 1. The molecule has 0 aliphatic rings. The molecule has 0 bridgehead atoms. The van der Waals surface area contributed by atoms with Gasteiger partial charge < -0.3 is 26.6 Å². The SMILES string of the molecule is C.S.[B]P(F)NC(N)=NCCC[C@@H](N)C(=O)N[C@@H](CC(C)C)C(=O)OCc1ccccc1. The Hall–Kier alpha value is -1.84. The number of nitrogens with zero attached hydrogens (tertiary/aromatic N) is 1. The maximum absolute atomic E-state index is 12.6. The average Bonchev–Trinajstić information content (AvgIpc) is 2.68. The van der Waals surface area contributed by atoms with E-state index in [4.69, 9.17) is 23.8 Å². The van der Waals surface area contributed by atoms with Gasteiger partial charge in [0.15, 0.2) is 13.5 Å². The second kappa shape index (κ2) is 17.7. The molecule has 1 rings (SSSR count). The zero-order valence-corrected chi connectivity index (χ0v) is 19.8. The first-order valence-corrected chi connectivity index (χ1v) is 11.0. The first-order valence-electron chi connectivity index (χ1n) is 9.72. The number of benzene rings is 1. The highest BCUT2D eigenvalue weighted by atomic mass is 32.1. The van der Waals surface area contributed by atoms with Gasteiger partial charge in [-0.3, -0.25) is 9.79 Å². The number of halogens is 1. The van der Waals surface area contributed by atoms with Gasteiger partial charge in [-0.15, -0.1) is 0 Å². The highest BCUT2D eigenvalue weighted by Crippen LogP contribution is 2.22. The number of ether oxygens (including phenoxy) is 1. The van der Waals surface area contributed by atoms with Crippen LogP contribution < -0.4 is 21.9 Å². The normalized spacial score (nSPS) is 13.7. The van der Waals surface area contributed by atoms with Crippen LogP contribution in [0.4, 0.5) is 4.20 Å². The van der Waals surface area contributed by atoms with Crippen molar-refractivity contribution in [1.82, 2.24) is 10.4 Å². The molecule has 0 heterocycles. The van der Waals surface area contributed by atoms with Crippen LogP contribution in [0.2, 0.25) is 0 Å². The average molecular weight is 487 g/mol. The van der Waals surface area contributed by atoms with Crippen LogP contribution in [-0.4, -0.2) is 44.0 Å². The van der Waals surface area contributed by atoms with Gasteiger partial charge in [0, 0.05) is 6.54 Å². The predicted octanol–water partition coefficient (Wildman–Crippen LogP) is 2.39. The van der Waals surface area contributed by atoms with Crippen molar-refractivity contribution in [3.63, 3.8) is 0 Å². The monoisotopic (exact) mass is 487 g/mol. The zero-order chi connectivity index (χ0) is 22.5. The van der Waals surface area contributed by atoms with E-state index in [-0.39, 0.29) is 46.0 Å². The minimum atomic E-state index is -2.36. The third kappa shape index (κ3) is 14.3. The number of carbonyl (C=O) groups excluding carboxylic acids is 2. The lowest BCUT2D eigenvalue weighted by molar-refractivity contribution is -0.149. The lowest BCUT2D eigenvalue weighted by Gasteiger charge is -2.21. The summed E-state index contributed by atoms with van der Waals surface area (Å²) in [6, 6.07) is 7.70. The lowest BCUT2D eigenvalue weighted by atomic mass is 10.0. The Morgan fingerprint density at radius 2 is 1.91 bits per heavy atom. The molecule has 180 valence electrons. The Balaban J connectivity index is 0. The maximum Gasteiger partial charge on any atom is 0.328 e. The molecule has 1 aromatic carbocycles. The fraction of sp³-hybridized carbons (Fsp3) is 0.550. The van der Waals surface area contributed by atoms with Crippen molar-refractivity contribution in [2.45, 2.75) is 59.2 Å². The molecule has 2 radical (unpaired) electrons. The Kier molecular flexibility index (Phi) is 17.9. The summed E-state index contributed by atoms with van der Waals surface area (Å²) in [7, 11) is 2.60. The third-order valence-corrected chi connectivity index (χ3v) is 4.49. The number of nitrogens with one attached hydrogen (secondary N) is 2. The van der Waals surface area contributed by atoms with Crippen molar-refractivity contribution in [3.05, 3.63) is 35.9 Å². The number of carbonyl (C=O) groups is 2. The molecule has 12 heteroatoms. The molecule has 6 N–H and O–H groups in total. The van der Waals surface area contributed by atoms with Crippen molar-refractivity contribution in [2.24, 2.45) is 22.4 Å². The molecule has 1 amide bonds. The first-order chi connectivity index (χ1) is 14.2. The standard InChI is InChI=1S/C19H30BFN5O3P.CH4.H2S/c1-13(2)11-16(18(28)29-12-14-7-4-3-5-8-14)25-17(27)15(22)9-6-10-24-19(23)26-30(20)21;;/h3-5,7-8,13,15-16H,6,9-12,22H2,1-2H3,(H,25,27)(H3,23,24,26);1H4;1H2/t15-,16+,30?;;/m1../s1. The van der Waals surface area contributed by atoms with E-state index in [0.29, 0.717) is 19.3 Å². The smallest absolute Gasteiger partial charge is 0.328 e. The summed E-state index contributed by atoms with van der Waals surface area (Å²) in [6.45, 7) is 4.29. The molecular formula is C20H36BFN5O3PS. The minimum absolute atomic E-state index is 0. The van der Waals surface area contributed by atoms with Crippen LogP contribution in [0.1, 0.15) is 46.1 Å². The van der Waals surface area contributed by atoms with Gasteiger partial charge >= 0.3 is 5.97 Å². The fourth-order valence-corrected chi connectivity index (χ4v) is 2.87. The molecule has 0 saturated carbocycles. The van der Waals surface area contributed by atoms with E-state index in [1.165, 1.54) is 0 Å². The molecule has 3 atom stereocenters. The first kappa shape index (κ1) is 32.3. The largest absolute Gasteiger partial charge is 0.459 e. The minimum Gasteiger partial charge on any atom is -0.459 e. The van der Waals surface area contributed by atoms with Crippen molar-refractivity contribution in [2.75, 3.05) is 6.54 Å². The van der Waals surface area contributed by atoms with Crippen LogP contribution in [-0.2, 0) is 20.9 Å². The van der Waals surface area contributed by atoms with Gasteiger partial charge in [-0.1, -0.05) is 51.6 Å². The van der Waals surface area contributed by atoms with Gasteiger partial charge in [-0.2, -0.15) is 13.5 Å². The summed E-state index contributed by atoms with van der Waals surface area (Å²) < 4.78 is 17.9. The summed E-state index contributed by atoms with van der Waals surface area (Å²) in [5, 5.41) is 4.86. The van der Waals surface area contributed by atoms with Gasteiger partial charge in [0.2, 0.25) is 5.91 Å². The molecule has 0 aliphatic carbocycles. The van der Waals surface area contributed by atoms with Crippen molar-refractivity contribution in [1.29, 1.82) is 0 Å². The van der Waals surface area contributed by atoms with Crippen LogP contribution in [0.3, 0.4) is 0 Å². The molecule has 0 aliphatic heterocycles. The van der Waals surface area contributed by atoms with Crippen LogP contribution in [0.5, 0.6) is 0 Å². The maximum atomic E-state index is 12.6. The van der Waals surface area contributed by atoms with Crippen LogP contribution >= 0.6 is 21.8 Å². The van der Waals surface area contributed by atoms with E-state index >= 15 is 0 Å². The molecule has 0 saturated heterocycles. The van der Waals surface area contributed by atoms with Gasteiger partial charge in [-0.25, -0.2) is 8.99 Å². The number of rotatable bonds is 12. The number of hydrogen-bond donors (Lipinski definition) is 4. The number of esters is 1. The van der Waals surface area contributed by atoms with Crippen molar-refractivity contribution < 1.29 is 18.5 Å². The van der Waals surface area contributed by atoms with Gasteiger partial charge in [0.1, 0.15) is 20.9 Å². The number of hydrogen-bond acceptors (Lipinski definition) is 5. The summed E-state index contributed by atoms with van der Waals surface area (Å²) in [5.74, 6) is -0.867. The number of amides is 1. The van der Waals surface area contributed by atoms with Gasteiger partial charge in [-0.05, 0) is 30.7 Å². The summed E-state index contributed by atoms with van der Waals surface area (Å²) in [6.07, 6.45) is 1.21. The second-order valence-corrected chi connectivity index (χ2v) is 8.07. The second-order valence-electron chi connectivity index (χ2n) is 7.22. The van der Waals surface area contributed by atoms with Crippen LogP contribution in [0.25, 0.3) is 0 Å². The van der Waals surface area contributed by atoms with Crippen LogP contribution in [0, 0.1) is 5.92 Å². The Labute approximate surface area is 200 Å². The number of guanidine groups is 1. The predicted molar refractivity (Wildman–Crippen MR) is 135 cm³/mol. The Bertz CT molecular complexity index is 701. The fourth-order valence-electron chi connectivity index (χ4n) is 2.58. The van der Waals surface area contributed by atoms with Crippen LogP contribution in [0.15, 0.2) is 35.3 Å². The molecular weight excluding hydrogens is 451 g/mol. The molecule has 32 heavy (non-hydrogen) atoms. The third-order valence-electron chi connectivity index (χ3n) is 4.05. The van der Waals surface area contributed by atoms with Gasteiger partial charge in [0.05, 0.1) is 6.04 Å². The molecule has 8 nitrogen and oxygen atoms in total. The molecule has 0 spiro atoms. The quantitative estimate of drug-likeness (QED) is 0.0894. The molecule has 0 fully saturated rings. The summed E-state index contributed by atoms with van der Waals surface area (Å²) in [4.78, 5) is 28.8. The highest BCUT2D eigenvalue weighted by molar-refractivity contribution is 7.76. The molecule has 0 aromatic heterocycles. The van der Waals surface area contributed by atoms with E-state index in [1.54, 1.807) is 0 Å². The Morgan fingerprint density at radius 3 is 2.47 bits per heavy atom. The molecule has 1 unspecified atom stereocenters. The van der Waals surface area contributed by atoms with Gasteiger partial charge in [0.25, 0.3) is 0 Å².